The first-order chi connectivity index (χ1) is 16.2. The van der Waals surface area contributed by atoms with Gasteiger partial charge in [0, 0.05) is 12.1 Å². The van der Waals surface area contributed by atoms with Gasteiger partial charge < -0.3 is 5.32 Å². The molecule has 11 heteroatoms. The Hall–Kier alpha value is -3.76. The van der Waals surface area contributed by atoms with Gasteiger partial charge in [-0.15, -0.1) is 0 Å². The molecule has 1 amide bonds. The lowest BCUT2D eigenvalue weighted by atomic mass is 10.2. The van der Waals surface area contributed by atoms with E-state index in [1.165, 1.54) is 41.0 Å². The van der Waals surface area contributed by atoms with Crippen molar-refractivity contribution in [3.05, 3.63) is 98.0 Å². The number of aromatic nitrogens is 2. The van der Waals surface area contributed by atoms with Crippen molar-refractivity contribution in [2.75, 3.05) is 5.32 Å². The Kier molecular flexibility index (Phi) is 6.62. The molecule has 0 aliphatic carbocycles. The van der Waals surface area contributed by atoms with Crippen molar-refractivity contribution in [2.45, 2.75) is 17.3 Å². The number of hydrogen-bond acceptors (Lipinski definition) is 6. The fraction of sp³-hybridized carbons (Fsp3) is 0.0870. The van der Waals surface area contributed by atoms with E-state index in [4.69, 9.17) is 11.6 Å². The van der Waals surface area contributed by atoms with Crippen LogP contribution in [-0.4, -0.2) is 25.6 Å². The summed E-state index contributed by atoms with van der Waals surface area (Å²) in [5.74, 6) is -0.902. The van der Waals surface area contributed by atoms with Gasteiger partial charge in [0.25, 0.3) is 11.2 Å². The number of rotatable bonds is 6. The normalized spacial score (nSPS) is 11.9. The smallest absolute Gasteiger partial charge is 0.271 e. The number of carbonyl (C=O) groups is 1. The molecule has 4 aromatic rings. The molecule has 1 heterocycles. The van der Waals surface area contributed by atoms with Gasteiger partial charge in [-0.3, -0.25) is 24.3 Å². The van der Waals surface area contributed by atoms with Gasteiger partial charge in [0.05, 0.1) is 37.5 Å². The minimum Gasteiger partial charge on any atom is -0.324 e. The maximum atomic E-state index is 13.5. The predicted molar refractivity (Wildman–Crippen MR) is 129 cm³/mol. The minimum atomic E-state index is -0.731. The highest BCUT2D eigenvalue weighted by Crippen LogP contribution is 2.29. The van der Waals surface area contributed by atoms with Crippen LogP contribution in [-0.2, 0) is 4.79 Å². The number of thioether (sulfide) groups is 1. The van der Waals surface area contributed by atoms with Gasteiger partial charge in [0.1, 0.15) is 5.82 Å². The van der Waals surface area contributed by atoms with Crippen molar-refractivity contribution in [2.24, 2.45) is 0 Å². The molecule has 3 aromatic carbocycles. The van der Waals surface area contributed by atoms with E-state index in [9.17, 15) is 24.1 Å². The predicted octanol–water partition coefficient (Wildman–Crippen LogP) is 5.21. The molecule has 172 valence electrons. The number of nitrogens with zero attached hydrogens (tertiary/aromatic N) is 3. The van der Waals surface area contributed by atoms with Gasteiger partial charge in [0.15, 0.2) is 5.16 Å². The highest BCUT2D eigenvalue weighted by Gasteiger charge is 2.21. The maximum Gasteiger partial charge on any atom is 0.271 e. The van der Waals surface area contributed by atoms with Gasteiger partial charge in [-0.1, -0.05) is 35.5 Å². The van der Waals surface area contributed by atoms with Gasteiger partial charge in [0.2, 0.25) is 5.91 Å². The van der Waals surface area contributed by atoms with E-state index >= 15 is 0 Å². The van der Waals surface area contributed by atoms with E-state index < -0.39 is 21.9 Å². The molecule has 8 nitrogen and oxygen atoms in total. The van der Waals surface area contributed by atoms with Crippen LogP contribution in [0.25, 0.3) is 16.6 Å². The van der Waals surface area contributed by atoms with E-state index in [1.54, 1.807) is 31.2 Å². The molecule has 0 fully saturated rings. The molecule has 0 saturated heterocycles. The fourth-order valence-corrected chi connectivity index (χ4v) is 4.32. The summed E-state index contributed by atoms with van der Waals surface area (Å²) in [7, 11) is 0. The lowest BCUT2D eigenvalue weighted by Gasteiger charge is -2.17. The van der Waals surface area contributed by atoms with Crippen LogP contribution in [0, 0.1) is 15.9 Å². The monoisotopic (exact) mass is 498 g/mol. The molecule has 1 aromatic heterocycles. The number of nitro groups is 1. The lowest BCUT2D eigenvalue weighted by Crippen LogP contribution is -2.26. The number of para-hydroxylation sites is 1. The average Bonchev–Trinajstić information content (AvgIpc) is 2.81. The molecule has 1 atom stereocenters. The number of amides is 1. The third-order valence-electron chi connectivity index (χ3n) is 4.90. The summed E-state index contributed by atoms with van der Waals surface area (Å²) in [4.78, 5) is 41.0. The number of non-ortho nitro benzene ring substituents is 1. The van der Waals surface area contributed by atoms with Crippen molar-refractivity contribution in [1.29, 1.82) is 0 Å². The summed E-state index contributed by atoms with van der Waals surface area (Å²) in [6.45, 7) is 1.62. The Labute approximate surface area is 201 Å². The summed E-state index contributed by atoms with van der Waals surface area (Å²) in [5.41, 5.74) is 0.518. The first-order valence-corrected chi connectivity index (χ1v) is 11.2. The molecular weight excluding hydrogens is 483 g/mol. The Bertz CT molecular complexity index is 1480. The highest BCUT2D eigenvalue weighted by atomic mass is 35.5. The first kappa shape index (κ1) is 23.4. The van der Waals surface area contributed by atoms with Crippen molar-refractivity contribution in [1.82, 2.24) is 9.55 Å². The first-order valence-electron chi connectivity index (χ1n) is 9.94. The Balaban J connectivity index is 1.67. The fourth-order valence-electron chi connectivity index (χ4n) is 3.17. The largest absolute Gasteiger partial charge is 0.324 e. The van der Waals surface area contributed by atoms with E-state index in [0.29, 0.717) is 16.6 Å². The second-order valence-electron chi connectivity index (χ2n) is 7.20. The molecular formula is C23H16ClFN4O4S. The lowest BCUT2D eigenvalue weighted by molar-refractivity contribution is -0.384. The number of carbonyl (C=O) groups excluding carboxylic acids is 1. The van der Waals surface area contributed by atoms with Crippen LogP contribution in [0.4, 0.5) is 15.8 Å². The van der Waals surface area contributed by atoms with Crippen LogP contribution in [0.15, 0.2) is 76.7 Å². The van der Waals surface area contributed by atoms with Crippen LogP contribution in [0.5, 0.6) is 0 Å². The van der Waals surface area contributed by atoms with E-state index in [1.807, 2.05) is 0 Å². The summed E-state index contributed by atoms with van der Waals surface area (Å²) in [6.07, 6.45) is 0. The Morgan fingerprint density at radius 3 is 2.56 bits per heavy atom. The zero-order chi connectivity index (χ0) is 24.4. The number of halogens is 2. The number of benzene rings is 3. The average molecular weight is 499 g/mol. The van der Waals surface area contributed by atoms with E-state index in [2.05, 4.69) is 10.3 Å². The second-order valence-corrected chi connectivity index (χ2v) is 8.91. The van der Waals surface area contributed by atoms with Gasteiger partial charge in [-0.2, -0.15) is 0 Å². The SMILES string of the molecule is CC(Sc1nc2ccccc2c(=O)n1-c1ccc(F)cc1)C(=O)Nc1ccc([N+](=O)[O-])cc1Cl. The molecule has 1 unspecified atom stereocenters. The number of nitrogens with one attached hydrogen (secondary N) is 1. The minimum absolute atomic E-state index is 0.0202. The standard InChI is InChI=1S/C23H16ClFN4O4S/c1-13(21(30)26-20-11-10-16(29(32)33)12-18(20)24)34-23-27-19-5-3-2-4-17(19)22(31)28(23)15-8-6-14(25)7-9-15/h2-13H,1H3,(H,26,30). The molecule has 0 radical (unpaired) electrons. The molecule has 0 saturated carbocycles. The van der Waals surface area contributed by atoms with Gasteiger partial charge in [-0.05, 0) is 49.4 Å². The van der Waals surface area contributed by atoms with E-state index in [0.717, 1.165) is 17.8 Å². The number of anilines is 1. The van der Waals surface area contributed by atoms with Crippen LogP contribution in [0.3, 0.4) is 0 Å². The zero-order valence-electron chi connectivity index (χ0n) is 17.6. The second kappa shape index (κ2) is 9.62. The van der Waals surface area contributed by atoms with Crippen LogP contribution >= 0.6 is 23.4 Å². The van der Waals surface area contributed by atoms with Gasteiger partial charge >= 0.3 is 0 Å². The van der Waals surface area contributed by atoms with Crippen LogP contribution < -0.4 is 10.9 Å². The summed E-state index contributed by atoms with van der Waals surface area (Å²) in [6, 6.07) is 15.9. The molecule has 0 aliphatic rings. The number of fused-ring (bicyclic) bond motifs is 1. The summed E-state index contributed by atoms with van der Waals surface area (Å²) in [5, 5.41) is 13.4. The zero-order valence-corrected chi connectivity index (χ0v) is 19.1. The summed E-state index contributed by atoms with van der Waals surface area (Å²) < 4.78 is 14.8. The molecule has 4 rings (SSSR count). The van der Waals surface area contributed by atoms with E-state index in [-0.39, 0.29) is 27.1 Å². The molecule has 0 spiro atoms. The molecule has 0 bridgehead atoms. The molecule has 0 aliphatic heterocycles. The topological polar surface area (TPSA) is 107 Å². The molecule has 1 N–H and O–H groups in total. The van der Waals surface area contributed by atoms with Crippen molar-refractivity contribution < 1.29 is 14.1 Å². The van der Waals surface area contributed by atoms with Crippen molar-refractivity contribution >= 4 is 51.5 Å². The highest BCUT2D eigenvalue weighted by molar-refractivity contribution is 8.00. The van der Waals surface area contributed by atoms with Crippen LogP contribution in [0.2, 0.25) is 5.02 Å². The number of nitro benzene ring substituents is 1. The Morgan fingerprint density at radius 1 is 1.18 bits per heavy atom. The third kappa shape index (κ3) is 4.78. The maximum absolute atomic E-state index is 13.5. The number of hydrogen-bond donors (Lipinski definition) is 1. The third-order valence-corrected chi connectivity index (χ3v) is 6.27. The molecule has 34 heavy (non-hydrogen) atoms. The summed E-state index contributed by atoms with van der Waals surface area (Å²) >= 11 is 7.11. The Morgan fingerprint density at radius 2 is 1.88 bits per heavy atom. The van der Waals surface area contributed by atoms with Crippen LogP contribution in [0.1, 0.15) is 6.92 Å². The van der Waals surface area contributed by atoms with Crippen molar-refractivity contribution in [3.63, 3.8) is 0 Å². The quantitative estimate of drug-likeness (QED) is 0.169. The van der Waals surface area contributed by atoms with Crippen molar-refractivity contribution in [3.8, 4) is 5.69 Å². The van der Waals surface area contributed by atoms with Gasteiger partial charge in [-0.25, -0.2) is 9.37 Å².